The van der Waals surface area contributed by atoms with Crippen molar-refractivity contribution in [3.8, 4) is 5.75 Å². The molecule has 0 heterocycles. The molecule has 1 aromatic rings. The molecule has 0 aromatic heterocycles. The van der Waals surface area contributed by atoms with Crippen LogP contribution in [0.4, 0.5) is 10.1 Å². The lowest BCUT2D eigenvalue weighted by Gasteiger charge is -2.09. The van der Waals surface area contributed by atoms with Gasteiger partial charge in [0.15, 0.2) is 0 Å². The minimum Gasteiger partial charge on any atom is -0.494 e. The van der Waals surface area contributed by atoms with E-state index in [-0.39, 0.29) is 24.5 Å². The maximum atomic E-state index is 12.9. The summed E-state index contributed by atoms with van der Waals surface area (Å²) in [4.78, 5) is 22.7. The van der Waals surface area contributed by atoms with Crippen LogP contribution in [0.1, 0.15) is 0 Å². The van der Waals surface area contributed by atoms with E-state index in [0.717, 1.165) is 12.1 Å². The van der Waals surface area contributed by atoms with Crippen LogP contribution >= 0.6 is 0 Å². The predicted octanol–water partition coefficient (Wildman–Crippen LogP) is -0.152. The van der Waals surface area contributed by atoms with E-state index in [1.165, 1.54) is 13.2 Å². The van der Waals surface area contributed by atoms with E-state index in [0.29, 0.717) is 0 Å². The monoisotopic (exact) mass is 255 g/mol. The summed E-state index contributed by atoms with van der Waals surface area (Å²) in [7, 11) is 1.33. The lowest BCUT2D eigenvalue weighted by Crippen LogP contribution is -2.38. The minimum atomic E-state index is -0.867. The Morgan fingerprint density at radius 1 is 1.39 bits per heavy atom. The van der Waals surface area contributed by atoms with Crippen LogP contribution in [0.2, 0.25) is 0 Å². The number of hydrogen-bond donors (Lipinski definition) is 3. The number of hydrogen-bond acceptors (Lipinski definition) is 4. The normalized spacial score (nSPS) is 9.72. The molecule has 18 heavy (non-hydrogen) atoms. The Balaban J connectivity index is 2.72. The van der Waals surface area contributed by atoms with Gasteiger partial charge in [0.05, 0.1) is 12.8 Å². The molecule has 4 N–H and O–H groups in total. The molecule has 2 amide bonds. The second-order valence-corrected chi connectivity index (χ2v) is 3.34. The van der Waals surface area contributed by atoms with E-state index in [1.54, 1.807) is 0 Å². The number of methoxy groups -OCH3 is 1. The Kier molecular flexibility index (Phi) is 5.06. The maximum absolute atomic E-state index is 12.9. The highest BCUT2D eigenvalue weighted by atomic mass is 19.1. The van der Waals surface area contributed by atoms with Crippen molar-refractivity contribution in [3.63, 3.8) is 0 Å². The molecule has 0 radical (unpaired) electrons. The van der Waals surface area contributed by atoms with Gasteiger partial charge in [-0.2, -0.15) is 0 Å². The zero-order valence-corrected chi connectivity index (χ0v) is 9.83. The molecule has 0 atom stereocenters. The predicted molar refractivity (Wildman–Crippen MR) is 63.6 cm³/mol. The molecule has 0 fully saturated rings. The number of rotatable bonds is 4. The first-order chi connectivity index (χ1) is 8.58. The number of halogens is 1. The minimum absolute atomic E-state index is 0.134. The molecular formula is C11H14FN3O3. The molecule has 0 saturated heterocycles. The Morgan fingerprint density at radius 2 is 2.11 bits per heavy atom. The van der Waals surface area contributed by atoms with Gasteiger partial charge in [-0.05, 0) is 12.1 Å². The van der Waals surface area contributed by atoms with Crippen LogP contribution in [0.25, 0.3) is 0 Å². The quantitative estimate of drug-likeness (QED) is 0.652. The molecule has 0 saturated carbocycles. The van der Waals surface area contributed by atoms with Crippen molar-refractivity contribution < 1.29 is 18.7 Å². The van der Waals surface area contributed by atoms with Crippen molar-refractivity contribution in [1.29, 1.82) is 0 Å². The zero-order valence-electron chi connectivity index (χ0n) is 9.83. The van der Waals surface area contributed by atoms with Gasteiger partial charge in [0.2, 0.25) is 0 Å². The Hall–Kier alpha value is -2.15. The molecular weight excluding hydrogens is 241 g/mol. The fraction of sp³-hybridized carbons (Fsp3) is 0.273. The van der Waals surface area contributed by atoms with Gasteiger partial charge in [-0.1, -0.05) is 0 Å². The van der Waals surface area contributed by atoms with Gasteiger partial charge in [0.25, 0.3) is 0 Å². The highest BCUT2D eigenvalue weighted by Crippen LogP contribution is 2.24. The van der Waals surface area contributed by atoms with Crippen LogP contribution in [-0.4, -0.2) is 32.0 Å². The largest absolute Gasteiger partial charge is 0.494 e. The standard InChI is InChI=1S/C11H14FN3O3/c1-18-9-6-7(12)2-3-8(9)15-11(17)10(16)14-5-4-13/h2-3,6H,4-5,13H2,1H3,(H,14,16)(H,15,17). The highest BCUT2D eigenvalue weighted by Gasteiger charge is 2.15. The van der Waals surface area contributed by atoms with Crippen LogP contribution in [0, 0.1) is 5.82 Å². The van der Waals surface area contributed by atoms with Crippen LogP contribution < -0.4 is 21.1 Å². The summed E-state index contributed by atoms with van der Waals surface area (Å²) in [5.74, 6) is -2.05. The van der Waals surface area contributed by atoms with Gasteiger partial charge in [-0.15, -0.1) is 0 Å². The molecule has 0 aliphatic rings. The Bertz CT molecular complexity index is 451. The van der Waals surface area contributed by atoms with E-state index < -0.39 is 17.6 Å². The van der Waals surface area contributed by atoms with Crippen LogP contribution in [0.5, 0.6) is 5.75 Å². The molecule has 0 unspecified atom stereocenters. The summed E-state index contributed by atoms with van der Waals surface area (Å²) >= 11 is 0. The SMILES string of the molecule is COc1cc(F)ccc1NC(=O)C(=O)NCCN. The molecule has 1 aromatic carbocycles. The summed E-state index contributed by atoms with van der Waals surface area (Å²) in [6.07, 6.45) is 0. The zero-order chi connectivity index (χ0) is 13.5. The first kappa shape index (κ1) is 13.9. The molecule has 0 aliphatic carbocycles. The van der Waals surface area contributed by atoms with Gasteiger partial charge in [-0.3, -0.25) is 9.59 Å². The van der Waals surface area contributed by atoms with Crippen molar-refractivity contribution in [2.45, 2.75) is 0 Å². The van der Waals surface area contributed by atoms with Crippen molar-refractivity contribution >= 4 is 17.5 Å². The van der Waals surface area contributed by atoms with E-state index in [1.807, 2.05) is 0 Å². The molecule has 7 heteroatoms. The van der Waals surface area contributed by atoms with E-state index in [2.05, 4.69) is 10.6 Å². The van der Waals surface area contributed by atoms with Crippen molar-refractivity contribution in [1.82, 2.24) is 5.32 Å². The van der Waals surface area contributed by atoms with Gasteiger partial charge in [0, 0.05) is 19.2 Å². The number of carbonyl (C=O) groups is 2. The van der Waals surface area contributed by atoms with Gasteiger partial charge < -0.3 is 21.1 Å². The van der Waals surface area contributed by atoms with Crippen molar-refractivity contribution in [2.75, 3.05) is 25.5 Å². The number of anilines is 1. The third-order valence-corrected chi connectivity index (χ3v) is 2.05. The summed E-state index contributed by atoms with van der Waals surface area (Å²) in [5, 5.41) is 4.62. The second-order valence-electron chi connectivity index (χ2n) is 3.34. The molecule has 98 valence electrons. The van der Waals surface area contributed by atoms with E-state index >= 15 is 0 Å². The highest BCUT2D eigenvalue weighted by molar-refractivity contribution is 6.39. The molecule has 6 nitrogen and oxygen atoms in total. The third kappa shape index (κ3) is 3.70. The van der Waals surface area contributed by atoms with E-state index in [9.17, 15) is 14.0 Å². The Morgan fingerprint density at radius 3 is 2.72 bits per heavy atom. The maximum Gasteiger partial charge on any atom is 0.313 e. The summed E-state index contributed by atoms with van der Waals surface area (Å²) in [6, 6.07) is 3.56. The fourth-order valence-electron chi connectivity index (χ4n) is 1.21. The van der Waals surface area contributed by atoms with Gasteiger partial charge >= 0.3 is 11.8 Å². The topological polar surface area (TPSA) is 93.4 Å². The molecule has 1 rings (SSSR count). The summed E-state index contributed by atoms with van der Waals surface area (Å²) < 4.78 is 17.8. The van der Waals surface area contributed by atoms with Crippen molar-refractivity contribution in [2.24, 2.45) is 5.73 Å². The van der Waals surface area contributed by atoms with E-state index in [4.69, 9.17) is 10.5 Å². The van der Waals surface area contributed by atoms with Crippen LogP contribution in [-0.2, 0) is 9.59 Å². The first-order valence-electron chi connectivity index (χ1n) is 5.21. The van der Waals surface area contributed by atoms with Gasteiger partial charge in [0.1, 0.15) is 11.6 Å². The number of ether oxygens (including phenoxy) is 1. The van der Waals surface area contributed by atoms with Gasteiger partial charge in [-0.25, -0.2) is 4.39 Å². The molecule has 0 aliphatic heterocycles. The van der Waals surface area contributed by atoms with Crippen molar-refractivity contribution in [3.05, 3.63) is 24.0 Å². The third-order valence-electron chi connectivity index (χ3n) is 2.05. The summed E-state index contributed by atoms with van der Waals surface area (Å²) in [6.45, 7) is 0.436. The van der Waals surface area contributed by atoms with Crippen LogP contribution in [0.15, 0.2) is 18.2 Å². The second kappa shape index (κ2) is 6.55. The number of nitrogens with one attached hydrogen (secondary N) is 2. The van der Waals surface area contributed by atoms with Crippen LogP contribution in [0.3, 0.4) is 0 Å². The number of nitrogens with two attached hydrogens (primary N) is 1. The Labute approximate surface area is 103 Å². The summed E-state index contributed by atoms with van der Waals surface area (Å²) in [5.41, 5.74) is 5.40. The smallest absolute Gasteiger partial charge is 0.313 e. The molecule has 0 spiro atoms. The average molecular weight is 255 g/mol. The number of amides is 2. The first-order valence-corrected chi connectivity index (χ1v) is 5.21. The molecule has 0 bridgehead atoms. The lowest BCUT2D eigenvalue weighted by atomic mass is 10.2. The number of carbonyl (C=O) groups excluding carboxylic acids is 2. The fourth-order valence-corrected chi connectivity index (χ4v) is 1.21. The average Bonchev–Trinajstić information content (AvgIpc) is 2.37. The number of benzene rings is 1. The lowest BCUT2D eigenvalue weighted by molar-refractivity contribution is -0.136.